The maximum absolute atomic E-state index is 11.8. The predicted molar refractivity (Wildman–Crippen MR) is 90.3 cm³/mol. The molecule has 1 amide bonds. The summed E-state index contributed by atoms with van der Waals surface area (Å²) in [6.45, 7) is 3.95. The molecule has 2 aromatic rings. The molecular weight excluding hydrogens is 314 g/mol. The van der Waals surface area contributed by atoms with Crippen molar-refractivity contribution in [3.63, 3.8) is 0 Å². The summed E-state index contributed by atoms with van der Waals surface area (Å²) >= 11 is 1.57. The fraction of sp³-hybridized carbons (Fsp3) is 0.375. The summed E-state index contributed by atoms with van der Waals surface area (Å²) < 4.78 is 11.2. The summed E-state index contributed by atoms with van der Waals surface area (Å²) in [7, 11) is 1.62. The van der Waals surface area contributed by atoms with E-state index < -0.39 is 0 Å². The van der Waals surface area contributed by atoms with E-state index in [2.05, 4.69) is 15.5 Å². The Balaban J connectivity index is 2.00. The maximum Gasteiger partial charge on any atom is 0.235 e. The third-order valence-corrected chi connectivity index (χ3v) is 4.74. The van der Waals surface area contributed by atoms with Gasteiger partial charge < -0.3 is 14.8 Å². The quantitative estimate of drug-likeness (QED) is 0.899. The number of fused-ring (bicyclic) bond motifs is 1. The lowest BCUT2D eigenvalue weighted by Crippen LogP contribution is -2.12. The van der Waals surface area contributed by atoms with Gasteiger partial charge in [0.15, 0.2) is 11.5 Å². The van der Waals surface area contributed by atoms with Gasteiger partial charge in [-0.2, -0.15) is 5.10 Å². The highest BCUT2D eigenvalue weighted by Crippen LogP contribution is 2.43. The molecule has 1 aliphatic heterocycles. The van der Waals surface area contributed by atoms with Gasteiger partial charge in [-0.05, 0) is 31.5 Å². The number of nitrogens with one attached hydrogen (secondary N) is 2. The number of carbonyl (C=O) groups excluding carboxylic acids is 1. The van der Waals surface area contributed by atoms with Crippen LogP contribution in [0, 0.1) is 0 Å². The molecule has 122 valence electrons. The number of methoxy groups -OCH3 is 1. The standard InChI is InChI=1S/C16H19N3O3S/c1-9(2)22-13-6-10(4-5-12(13)21-3)15-11-7-17-19-16(11)18-14(20)8-23-15/h4-7,9,15H,8H2,1-3H3,(H2,17,18,19,20)/t15-/m0/s1. The predicted octanol–water partition coefficient (Wildman–Crippen LogP) is 2.98. The number of carbonyl (C=O) groups is 1. The first-order valence-electron chi connectivity index (χ1n) is 7.37. The van der Waals surface area contributed by atoms with Gasteiger partial charge in [0, 0.05) is 5.56 Å². The number of ether oxygens (including phenoxy) is 2. The van der Waals surface area contributed by atoms with Crippen LogP contribution in [0.5, 0.6) is 11.5 Å². The van der Waals surface area contributed by atoms with Gasteiger partial charge in [-0.3, -0.25) is 9.89 Å². The molecule has 0 saturated heterocycles. The van der Waals surface area contributed by atoms with Crippen molar-refractivity contribution < 1.29 is 14.3 Å². The largest absolute Gasteiger partial charge is 0.493 e. The van der Waals surface area contributed by atoms with Crippen LogP contribution in [0.2, 0.25) is 0 Å². The number of amides is 1. The summed E-state index contributed by atoms with van der Waals surface area (Å²) in [6, 6.07) is 5.87. The Hall–Kier alpha value is -2.15. The summed E-state index contributed by atoms with van der Waals surface area (Å²) in [5.41, 5.74) is 2.01. The maximum atomic E-state index is 11.8. The Labute approximate surface area is 138 Å². The van der Waals surface area contributed by atoms with Crippen molar-refractivity contribution in [2.24, 2.45) is 0 Å². The zero-order valence-corrected chi connectivity index (χ0v) is 14.1. The number of thioether (sulfide) groups is 1. The van der Waals surface area contributed by atoms with Crippen LogP contribution in [-0.2, 0) is 4.79 Å². The Bertz CT molecular complexity index is 714. The zero-order chi connectivity index (χ0) is 16.4. The summed E-state index contributed by atoms with van der Waals surface area (Å²) in [6.07, 6.45) is 1.81. The van der Waals surface area contributed by atoms with Gasteiger partial charge in [-0.25, -0.2) is 0 Å². The number of aromatic amines is 1. The number of benzene rings is 1. The van der Waals surface area contributed by atoms with Gasteiger partial charge in [0.2, 0.25) is 5.91 Å². The molecule has 2 heterocycles. The van der Waals surface area contributed by atoms with Gasteiger partial charge in [0.05, 0.1) is 30.4 Å². The van der Waals surface area contributed by atoms with Crippen LogP contribution in [0.4, 0.5) is 5.82 Å². The molecule has 1 aliphatic rings. The van der Waals surface area contributed by atoms with Crippen LogP contribution >= 0.6 is 11.8 Å². The van der Waals surface area contributed by atoms with E-state index >= 15 is 0 Å². The van der Waals surface area contributed by atoms with Gasteiger partial charge in [0.25, 0.3) is 0 Å². The van der Waals surface area contributed by atoms with E-state index in [-0.39, 0.29) is 17.3 Å². The lowest BCUT2D eigenvalue weighted by atomic mass is 10.1. The second kappa shape index (κ2) is 6.54. The Kier molecular flexibility index (Phi) is 4.47. The molecule has 0 aliphatic carbocycles. The first-order valence-corrected chi connectivity index (χ1v) is 8.42. The van der Waals surface area contributed by atoms with Crippen LogP contribution in [0.25, 0.3) is 0 Å². The molecule has 6 nitrogen and oxygen atoms in total. The van der Waals surface area contributed by atoms with E-state index in [0.717, 1.165) is 11.1 Å². The topological polar surface area (TPSA) is 76.2 Å². The molecular formula is C16H19N3O3S. The number of hydrogen-bond donors (Lipinski definition) is 2. The smallest absolute Gasteiger partial charge is 0.235 e. The van der Waals surface area contributed by atoms with Crippen LogP contribution in [-0.4, -0.2) is 35.1 Å². The van der Waals surface area contributed by atoms with E-state index in [1.54, 1.807) is 25.1 Å². The third kappa shape index (κ3) is 3.29. The van der Waals surface area contributed by atoms with Crippen molar-refractivity contribution >= 4 is 23.5 Å². The summed E-state index contributed by atoms with van der Waals surface area (Å²) in [5, 5.41) is 9.74. The monoisotopic (exact) mass is 333 g/mol. The van der Waals surface area contributed by atoms with E-state index in [1.165, 1.54) is 0 Å². The van der Waals surface area contributed by atoms with Gasteiger partial charge in [0.1, 0.15) is 5.82 Å². The number of hydrogen-bond acceptors (Lipinski definition) is 5. The molecule has 0 bridgehead atoms. The van der Waals surface area contributed by atoms with Crippen LogP contribution < -0.4 is 14.8 Å². The summed E-state index contributed by atoms with van der Waals surface area (Å²) in [4.78, 5) is 11.8. The van der Waals surface area contributed by atoms with Crippen molar-refractivity contribution in [3.8, 4) is 11.5 Å². The number of nitrogens with zero attached hydrogens (tertiary/aromatic N) is 1. The minimum absolute atomic E-state index is 0.00289. The second-order valence-corrected chi connectivity index (χ2v) is 6.61. The molecule has 0 saturated carbocycles. The first-order chi connectivity index (χ1) is 11.1. The average molecular weight is 333 g/mol. The summed E-state index contributed by atoms with van der Waals surface area (Å²) in [5.74, 6) is 2.42. The molecule has 0 fully saturated rings. The molecule has 1 aromatic heterocycles. The van der Waals surface area contributed by atoms with E-state index in [1.807, 2.05) is 32.0 Å². The molecule has 0 spiro atoms. The molecule has 2 N–H and O–H groups in total. The second-order valence-electron chi connectivity index (χ2n) is 5.52. The molecule has 0 unspecified atom stereocenters. The van der Waals surface area contributed by atoms with Crippen molar-refractivity contribution in [2.45, 2.75) is 25.2 Å². The Morgan fingerprint density at radius 1 is 1.35 bits per heavy atom. The number of aromatic nitrogens is 2. The van der Waals surface area contributed by atoms with E-state index in [4.69, 9.17) is 9.47 Å². The normalized spacial score (nSPS) is 17.4. The Morgan fingerprint density at radius 2 is 2.17 bits per heavy atom. The van der Waals surface area contributed by atoms with Gasteiger partial charge >= 0.3 is 0 Å². The fourth-order valence-electron chi connectivity index (χ4n) is 2.50. The average Bonchev–Trinajstić information content (AvgIpc) is 2.89. The van der Waals surface area contributed by atoms with Crippen LogP contribution in [0.3, 0.4) is 0 Å². The molecule has 1 aromatic carbocycles. The van der Waals surface area contributed by atoms with Crippen molar-refractivity contribution in [1.82, 2.24) is 10.2 Å². The minimum atomic E-state index is -0.0323. The lowest BCUT2D eigenvalue weighted by Gasteiger charge is -2.18. The fourth-order valence-corrected chi connectivity index (χ4v) is 3.58. The molecule has 23 heavy (non-hydrogen) atoms. The van der Waals surface area contributed by atoms with Crippen molar-refractivity contribution in [1.29, 1.82) is 0 Å². The SMILES string of the molecule is COc1ccc([C@@H]2SCC(=O)Nc3[nH]ncc32)cc1OC(C)C. The van der Waals surface area contributed by atoms with Gasteiger partial charge in [-0.1, -0.05) is 6.07 Å². The lowest BCUT2D eigenvalue weighted by molar-refractivity contribution is -0.113. The Morgan fingerprint density at radius 3 is 2.91 bits per heavy atom. The van der Waals surface area contributed by atoms with Crippen molar-refractivity contribution in [3.05, 3.63) is 35.5 Å². The molecule has 3 rings (SSSR count). The minimum Gasteiger partial charge on any atom is -0.493 e. The third-order valence-electron chi connectivity index (χ3n) is 3.45. The first kappa shape index (κ1) is 15.7. The molecule has 7 heteroatoms. The van der Waals surface area contributed by atoms with E-state index in [9.17, 15) is 4.79 Å². The molecule has 1 atom stereocenters. The highest BCUT2D eigenvalue weighted by Gasteiger charge is 2.26. The van der Waals surface area contributed by atoms with E-state index in [0.29, 0.717) is 23.1 Å². The van der Waals surface area contributed by atoms with Crippen LogP contribution in [0.15, 0.2) is 24.4 Å². The molecule has 0 radical (unpaired) electrons. The zero-order valence-electron chi connectivity index (χ0n) is 13.3. The number of rotatable bonds is 4. The van der Waals surface area contributed by atoms with Crippen LogP contribution in [0.1, 0.15) is 30.2 Å². The highest BCUT2D eigenvalue weighted by molar-refractivity contribution is 8.00. The number of anilines is 1. The van der Waals surface area contributed by atoms with Crippen molar-refractivity contribution in [2.75, 3.05) is 18.2 Å². The highest BCUT2D eigenvalue weighted by atomic mass is 32.2. The number of H-pyrrole nitrogens is 1. The van der Waals surface area contributed by atoms with Gasteiger partial charge in [-0.15, -0.1) is 11.8 Å².